The van der Waals surface area contributed by atoms with Gasteiger partial charge in [-0.05, 0) is 74.0 Å². The smallest absolute Gasteiger partial charge is 0.0136 e. The van der Waals surface area contributed by atoms with E-state index in [0.29, 0.717) is 0 Å². The third-order valence-corrected chi connectivity index (χ3v) is 4.63. The highest BCUT2D eigenvalue weighted by Crippen LogP contribution is 2.35. The van der Waals surface area contributed by atoms with E-state index in [1.807, 2.05) is 0 Å². The average Bonchev–Trinajstić information content (AvgIpc) is 2.47. The third kappa shape index (κ3) is 1.73. The Labute approximate surface area is 131 Å². The van der Waals surface area contributed by atoms with E-state index in [2.05, 4.69) is 90.2 Å². The molecule has 0 fully saturated rings. The van der Waals surface area contributed by atoms with Crippen LogP contribution in [0, 0.1) is 10.5 Å². The fourth-order valence-corrected chi connectivity index (χ4v) is 3.53. The van der Waals surface area contributed by atoms with Gasteiger partial charge in [-0.1, -0.05) is 54.1 Å². The van der Waals surface area contributed by atoms with Crippen LogP contribution in [0.3, 0.4) is 0 Å². The minimum absolute atomic E-state index is 1.28. The van der Waals surface area contributed by atoms with Crippen LogP contribution in [0.4, 0.5) is 0 Å². The minimum atomic E-state index is 1.28. The highest BCUT2D eigenvalue weighted by atomic mass is 127. The number of hydrogen-bond acceptors (Lipinski definition) is 0. The largest absolute Gasteiger partial charge is 0.0616 e. The van der Waals surface area contributed by atoms with Crippen LogP contribution in [0.25, 0.3) is 32.3 Å². The molecule has 4 rings (SSSR count). The molecule has 0 saturated carbocycles. The van der Waals surface area contributed by atoms with Gasteiger partial charge in [-0.25, -0.2) is 0 Å². The molecule has 0 aliphatic carbocycles. The molecule has 0 aliphatic rings. The highest BCUT2D eigenvalue weighted by molar-refractivity contribution is 14.1. The number of fused-ring (bicyclic) bond motifs is 6. The number of rotatable bonds is 0. The predicted molar refractivity (Wildman–Crippen MR) is 96.4 cm³/mol. The number of aryl methyl sites for hydroxylation is 1. The fraction of sp³-hybridized carbons (Fsp3) is 0.0526. The Kier molecular flexibility index (Phi) is 2.71. The standard InChI is InChI=1S/C19H13I/c1-12-6-8-16-14-4-2-3-5-15(14)19-11-13(20)7-9-17(19)18(16)10-12/h2-11H,1H3. The molecule has 0 amide bonds. The quantitative estimate of drug-likeness (QED) is 0.261. The lowest BCUT2D eigenvalue weighted by Gasteiger charge is -2.11. The summed E-state index contributed by atoms with van der Waals surface area (Å²) in [4.78, 5) is 0. The Balaban J connectivity index is 2.40. The molecule has 0 nitrogen and oxygen atoms in total. The molecule has 0 spiro atoms. The van der Waals surface area contributed by atoms with Crippen LogP contribution in [0.15, 0.2) is 60.7 Å². The van der Waals surface area contributed by atoms with E-state index < -0.39 is 0 Å². The van der Waals surface area contributed by atoms with Crippen LogP contribution in [-0.2, 0) is 0 Å². The maximum Gasteiger partial charge on any atom is 0.0136 e. The van der Waals surface area contributed by atoms with Crippen molar-refractivity contribution in [3.63, 3.8) is 0 Å². The molecule has 0 saturated heterocycles. The van der Waals surface area contributed by atoms with E-state index in [4.69, 9.17) is 0 Å². The molecular weight excluding hydrogens is 355 g/mol. The molecule has 0 aliphatic heterocycles. The summed E-state index contributed by atoms with van der Waals surface area (Å²) >= 11 is 2.39. The fourth-order valence-electron chi connectivity index (χ4n) is 3.04. The number of benzene rings is 4. The summed E-state index contributed by atoms with van der Waals surface area (Å²) in [5, 5.41) is 8.10. The van der Waals surface area contributed by atoms with Gasteiger partial charge in [0, 0.05) is 3.57 Å². The first kappa shape index (κ1) is 12.2. The molecule has 0 heterocycles. The van der Waals surface area contributed by atoms with Crippen LogP contribution in [-0.4, -0.2) is 0 Å². The molecule has 0 N–H and O–H groups in total. The van der Waals surface area contributed by atoms with E-state index in [0.717, 1.165) is 0 Å². The first-order valence-electron chi connectivity index (χ1n) is 6.74. The Morgan fingerprint density at radius 2 is 1.15 bits per heavy atom. The lowest BCUT2D eigenvalue weighted by Crippen LogP contribution is -1.84. The summed E-state index contributed by atoms with van der Waals surface area (Å²) < 4.78 is 1.28. The first-order chi connectivity index (χ1) is 9.74. The van der Waals surface area contributed by atoms with Gasteiger partial charge in [0.15, 0.2) is 0 Å². The molecule has 0 unspecified atom stereocenters. The summed E-state index contributed by atoms with van der Waals surface area (Å²) in [7, 11) is 0. The van der Waals surface area contributed by atoms with Crippen LogP contribution in [0.1, 0.15) is 5.56 Å². The van der Waals surface area contributed by atoms with Gasteiger partial charge >= 0.3 is 0 Å². The predicted octanol–water partition coefficient (Wildman–Crippen LogP) is 6.06. The van der Waals surface area contributed by atoms with E-state index in [-0.39, 0.29) is 0 Å². The maximum atomic E-state index is 2.39. The number of hydrogen-bond donors (Lipinski definition) is 0. The molecule has 0 radical (unpaired) electrons. The summed E-state index contributed by atoms with van der Waals surface area (Å²) in [6.07, 6.45) is 0. The van der Waals surface area contributed by atoms with Crippen molar-refractivity contribution in [1.29, 1.82) is 0 Å². The van der Waals surface area contributed by atoms with Crippen molar-refractivity contribution < 1.29 is 0 Å². The lowest BCUT2D eigenvalue weighted by molar-refractivity contribution is 1.51. The Morgan fingerprint density at radius 3 is 1.95 bits per heavy atom. The Hall–Kier alpha value is -1.61. The van der Waals surface area contributed by atoms with Crippen molar-refractivity contribution in [3.8, 4) is 0 Å². The van der Waals surface area contributed by atoms with Crippen molar-refractivity contribution in [2.75, 3.05) is 0 Å². The molecule has 0 atom stereocenters. The third-order valence-electron chi connectivity index (χ3n) is 3.95. The zero-order valence-electron chi connectivity index (χ0n) is 11.2. The summed E-state index contributed by atoms with van der Waals surface area (Å²) in [5.41, 5.74) is 1.31. The van der Waals surface area contributed by atoms with Crippen molar-refractivity contribution >= 4 is 54.9 Å². The molecule has 0 aromatic heterocycles. The monoisotopic (exact) mass is 368 g/mol. The van der Waals surface area contributed by atoms with Crippen LogP contribution in [0.5, 0.6) is 0 Å². The van der Waals surface area contributed by atoms with Crippen molar-refractivity contribution in [2.24, 2.45) is 0 Å². The van der Waals surface area contributed by atoms with Gasteiger partial charge in [-0.2, -0.15) is 0 Å². The topological polar surface area (TPSA) is 0 Å². The van der Waals surface area contributed by atoms with Gasteiger partial charge in [0.25, 0.3) is 0 Å². The molecular formula is C19H13I. The molecule has 1 heteroatoms. The maximum absolute atomic E-state index is 2.39. The van der Waals surface area contributed by atoms with E-state index in [1.165, 1.54) is 41.5 Å². The second-order valence-electron chi connectivity index (χ2n) is 5.28. The molecule has 20 heavy (non-hydrogen) atoms. The molecule has 4 aromatic rings. The van der Waals surface area contributed by atoms with Gasteiger partial charge in [-0.3, -0.25) is 0 Å². The van der Waals surface area contributed by atoms with E-state index in [1.54, 1.807) is 0 Å². The van der Waals surface area contributed by atoms with E-state index in [9.17, 15) is 0 Å². The van der Waals surface area contributed by atoms with Gasteiger partial charge in [0.05, 0.1) is 0 Å². The second kappa shape index (κ2) is 4.45. The van der Waals surface area contributed by atoms with Crippen LogP contribution >= 0.6 is 22.6 Å². The van der Waals surface area contributed by atoms with Gasteiger partial charge < -0.3 is 0 Å². The summed E-state index contributed by atoms with van der Waals surface area (Å²) in [6.45, 7) is 2.16. The van der Waals surface area contributed by atoms with Gasteiger partial charge in [-0.15, -0.1) is 0 Å². The first-order valence-corrected chi connectivity index (χ1v) is 7.82. The van der Waals surface area contributed by atoms with Gasteiger partial charge in [0.1, 0.15) is 0 Å². The van der Waals surface area contributed by atoms with Crippen molar-refractivity contribution in [1.82, 2.24) is 0 Å². The summed E-state index contributed by atoms with van der Waals surface area (Å²) in [6, 6.07) is 22.2. The van der Waals surface area contributed by atoms with Gasteiger partial charge in [0.2, 0.25) is 0 Å². The molecule has 96 valence electrons. The molecule has 0 bridgehead atoms. The second-order valence-corrected chi connectivity index (χ2v) is 6.53. The zero-order chi connectivity index (χ0) is 13.7. The number of halogens is 1. The van der Waals surface area contributed by atoms with Crippen LogP contribution in [0.2, 0.25) is 0 Å². The minimum Gasteiger partial charge on any atom is -0.0616 e. The van der Waals surface area contributed by atoms with Crippen molar-refractivity contribution in [3.05, 3.63) is 69.8 Å². The Morgan fingerprint density at radius 1 is 0.600 bits per heavy atom. The van der Waals surface area contributed by atoms with E-state index >= 15 is 0 Å². The Bertz CT molecular complexity index is 929. The van der Waals surface area contributed by atoms with Crippen molar-refractivity contribution in [2.45, 2.75) is 6.92 Å². The summed E-state index contributed by atoms with van der Waals surface area (Å²) in [5.74, 6) is 0. The highest BCUT2D eigenvalue weighted by Gasteiger charge is 2.08. The average molecular weight is 368 g/mol. The SMILES string of the molecule is Cc1ccc2c3ccccc3c3cc(I)ccc3c2c1. The lowest BCUT2D eigenvalue weighted by atomic mass is 9.93. The normalized spacial score (nSPS) is 11.5. The molecule has 4 aromatic carbocycles. The zero-order valence-corrected chi connectivity index (χ0v) is 13.3. The van der Waals surface area contributed by atoms with Crippen LogP contribution < -0.4 is 0 Å².